The minimum Gasteiger partial charge on any atom is -0.496 e. The molecule has 0 spiro atoms. The molecule has 0 bridgehead atoms. The number of hydrogen-bond acceptors (Lipinski definition) is 7. The summed E-state index contributed by atoms with van der Waals surface area (Å²) >= 11 is 3.31. The highest BCUT2D eigenvalue weighted by Crippen LogP contribution is 2.30. The number of nitrogens with one attached hydrogen (secondary N) is 1. The molecule has 0 fully saturated rings. The van der Waals surface area contributed by atoms with E-state index in [1.807, 2.05) is 0 Å². The van der Waals surface area contributed by atoms with Crippen LogP contribution in [0.25, 0.3) is 0 Å². The van der Waals surface area contributed by atoms with Gasteiger partial charge in [0.1, 0.15) is 5.75 Å². The number of amides is 1. The largest absolute Gasteiger partial charge is 0.496 e. The molecule has 0 unspecified atom stereocenters. The fraction of sp³-hybridized carbons (Fsp3) is 0.176. The Balaban J connectivity index is 1.97. The Hall–Kier alpha value is -3.14. The number of carbonyl (C=O) groups is 1. The molecule has 2 rings (SSSR count). The number of halogens is 1. The van der Waals surface area contributed by atoms with E-state index in [2.05, 4.69) is 26.5 Å². The van der Waals surface area contributed by atoms with Crippen molar-refractivity contribution in [3.8, 4) is 17.2 Å². The van der Waals surface area contributed by atoms with Gasteiger partial charge in [-0.05, 0) is 24.3 Å². The fourth-order valence-corrected chi connectivity index (χ4v) is 2.39. The third-order valence-corrected chi connectivity index (χ3v) is 3.79. The van der Waals surface area contributed by atoms with Crippen LogP contribution in [0, 0.1) is 10.1 Å². The molecule has 0 saturated heterocycles. The molecule has 2 aromatic rings. The molecule has 1 amide bonds. The van der Waals surface area contributed by atoms with Crippen molar-refractivity contribution < 1.29 is 23.9 Å². The summed E-state index contributed by atoms with van der Waals surface area (Å²) in [5.41, 5.74) is 2.51. The first-order valence-corrected chi connectivity index (χ1v) is 8.34. The lowest BCUT2D eigenvalue weighted by Crippen LogP contribution is -2.24. The maximum absolute atomic E-state index is 11.9. The lowest BCUT2D eigenvalue weighted by Gasteiger charge is -2.10. The zero-order valence-electron chi connectivity index (χ0n) is 14.5. The number of carbonyl (C=O) groups excluding carboxylic acids is 1. The smallest absolute Gasteiger partial charge is 0.277 e. The van der Waals surface area contributed by atoms with Crippen LogP contribution in [0.15, 0.2) is 46.0 Å². The Morgan fingerprint density at radius 2 is 1.89 bits per heavy atom. The lowest BCUT2D eigenvalue weighted by atomic mass is 10.2. The summed E-state index contributed by atoms with van der Waals surface area (Å²) in [5.74, 6) is 0.747. The molecule has 142 valence electrons. The van der Waals surface area contributed by atoms with E-state index in [0.29, 0.717) is 22.8 Å². The van der Waals surface area contributed by atoms with Crippen LogP contribution in [-0.4, -0.2) is 37.9 Å². The predicted octanol–water partition coefficient (Wildman–Crippen LogP) is 2.90. The number of rotatable bonds is 8. The van der Waals surface area contributed by atoms with Crippen LogP contribution < -0.4 is 19.6 Å². The molecule has 0 atom stereocenters. The molecule has 1 N–H and O–H groups in total. The Morgan fingerprint density at radius 1 is 1.19 bits per heavy atom. The highest BCUT2D eigenvalue weighted by molar-refractivity contribution is 9.10. The molecule has 0 heterocycles. The highest BCUT2D eigenvalue weighted by atomic mass is 79.9. The first kappa shape index (κ1) is 20.2. The minimum absolute atomic E-state index is 0.116. The van der Waals surface area contributed by atoms with E-state index in [1.54, 1.807) is 18.2 Å². The molecule has 0 aliphatic heterocycles. The summed E-state index contributed by atoms with van der Waals surface area (Å²) in [4.78, 5) is 22.2. The van der Waals surface area contributed by atoms with Gasteiger partial charge < -0.3 is 14.2 Å². The molecule has 0 aliphatic rings. The first-order valence-electron chi connectivity index (χ1n) is 7.55. The van der Waals surface area contributed by atoms with Crippen molar-refractivity contribution in [1.82, 2.24) is 5.43 Å². The van der Waals surface area contributed by atoms with Gasteiger partial charge in [0.15, 0.2) is 18.1 Å². The Morgan fingerprint density at radius 3 is 2.56 bits per heavy atom. The first-order chi connectivity index (χ1) is 12.9. The zero-order chi connectivity index (χ0) is 19.8. The van der Waals surface area contributed by atoms with Gasteiger partial charge in [0.25, 0.3) is 11.6 Å². The van der Waals surface area contributed by atoms with Gasteiger partial charge in [0.05, 0.1) is 25.4 Å². The van der Waals surface area contributed by atoms with Crippen molar-refractivity contribution >= 4 is 33.7 Å². The van der Waals surface area contributed by atoms with Crippen LogP contribution in [0.4, 0.5) is 5.69 Å². The van der Waals surface area contributed by atoms with Crippen molar-refractivity contribution in [3.63, 3.8) is 0 Å². The standard InChI is InChI=1S/C17H16BrN3O6/c1-25-14-6-4-13(21(23)24)7-11(14)9-19-20-17(22)10-27-15-5-3-12(18)8-16(15)26-2/h3-9H,10H2,1-2H3,(H,20,22)/b19-9+. The van der Waals surface area contributed by atoms with Gasteiger partial charge in [-0.1, -0.05) is 15.9 Å². The number of ether oxygens (including phenoxy) is 3. The summed E-state index contributed by atoms with van der Waals surface area (Å²) in [7, 11) is 2.92. The van der Waals surface area contributed by atoms with Crippen molar-refractivity contribution in [2.45, 2.75) is 0 Å². The molecular weight excluding hydrogens is 422 g/mol. The van der Waals surface area contributed by atoms with E-state index in [9.17, 15) is 14.9 Å². The third-order valence-electron chi connectivity index (χ3n) is 3.30. The summed E-state index contributed by atoms with van der Waals surface area (Å²) < 4.78 is 16.5. The molecule has 0 saturated carbocycles. The number of nitro groups is 1. The second-order valence-electron chi connectivity index (χ2n) is 5.06. The lowest BCUT2D eigenvalue weighted by molar-refractivity contribution is -0.384. The number of nitro benzene ring substituents is 1. The van der Waals surface area contributed by atoms with Crippen molar-refractivity contribution in [1.29, 1.82) is 0 Å². The summed E-state index contributed by atoms with van der Waals surface area (Å²) in [6.45, 7) is -0.290. The number of benzene rings is 2. The Bertz CT molecular complexity index is 872. The average Bonchev–Trinajstić information content (AvgIpc) is 2.66. The third kappa shape index (κ3) is 5.68. The van der Waals surface area contributed by atoms with Crippen molar-refractivity contribution in [3.05, 3.63) is 56.5 Å². The number of non-ortho nitro benzene ring substituents is 1. The van der Waals surface area contributed by atoms with Crippen molar-refractivity contribution in [2.24, 2.45) is 5.10 Å². The average molecular weight is 438 g/mol. The van der Waals surface area contributed by atoms with Gasteiger partial charge in [-0.15, -0.1) is 0 Å². The number of nitrogens with zero attached hydrogens (tertiary/aromatic N) is 2. The normalized spacial score (nSPS) is 10.5. The molecule has 27 heavy (non-hydrogen) atoms. The summed E-state index contributed by atoms with van der Waals surface area (Å²) in [6, 6.07) is 9.17. The van der Waals surface area contributed by atoms with Crippen LogP contribution in [0.1, 0.15) is 5.56 Å². The van der Waals surface area contributed by atoms with E-state index in [0.717, 1.165) is 4.47 Å². The molecule has 2 aromatic carbocycles. The van der Waals surface area contributed by atoms with Crippen LogP contribution in [-0.2, 0) is 4.79 Å². The molecular formula is C17H16BrN3O6. The zero-order valence-corrected chi connectivity index (χ0v) is 16.1. The Kier molecular flexibility index (Phi) is 7.12. The van der Waals surface area contributed by atoms with E-state index < -0.39 is 10.8 Å². The van der Waals surface area contributed by atoms with Crippen LogP contribution in [0.5, 0.6) is 17.2 Å². The number of methoxy groups -OCH3 is 2. The molecule has 0 radical (unpaired) electrons. The van der Waals surface area contributed by atoms with E-state index >= 15 is 0 Å². The van der Waals surface area contributed by atoms with Gasteiger partial charge in [-0.3, -0.25) is 14.9 Å². The van der Waals surface area contributed by atoms with Gasteiger partial charge in [0.2, 0.25) is 0 Å². The van der Waals surface area contributed by atoms with Gasteiger partial charge in [-0.2, -0.15) is 5.10 Å². The quantitative estimate of drug-likeness (QED) is 0.385. The van der Waals surface area contributed by atoms with Crippen LogP contribution >= 0.6 is 15.9 Å². The summed E-state index contributed by atoms with van der Waals surface area (Å²) in [6.07, 6.45) is 1.25. The van der Waals surface area contributed by atoms with E-state index in [4.69, 9.17) is 14.2 Å². The second kappa shape index (κ2) is 9.53. The maximum atomic E-state index is 11.9. The number of hydrogen-bond donors (Lipinski definition) is 1. The predicted molar refractivity (Wildman–Crippen MR) is 102 cm³/mol. The molecule has 0 aliphatic carbocycles. The minimum atomic E-state index is -0.533. The monoisotopic (exact) mass is 437 g/mol. The van der Waals surface area contributed by atoms with Crippen LogP contribution in [0.2, 0.25) is 0 Å². The molecule has 0 aromatic heterocycles. The second-order valence-corrected chi connectivity index (χ2v) is 5.98. The van der Waals surface area contributed by atoms with Gasteiger partial charge >= 0.3 is 0 Å². The van der Waals surface area contributed by atoms with E-state index in [-0.39, 0.29) is 12.3 Å². The van der Waals surface area contributed by atoms with Gasteiger partial charge in [0, 0.05) is 22.2 Å². The van der Waals surface area contributed by atoms with Crippen LogP contribution in [0.3, 0.4) is 0 Å². The maximum Gasteiger partial charge on any atom is 0.277 e. The summed E-state index contributed by atoms with van der Waals surface area (Å²) in [5, 5.41) is 14.6. The Labute approximate surface area is 163 Å². The SMILES string of the molecule is COc1ccc([N+](=O)[O-])cc1/C=N/NC(=O)COc1ccc(Br)cc1OC. The number of hydrazone groups is 1. The molecule has 9 nitrogen and oxygen atoms in total. The van der Waals surface area contributed by atoms with Crippen molar-refractivity contribution in [2.75, 3.05) is 20.8 Å². The topological polar surface area (TPSA) is 112 Å². The van der Waals surface area contributed by atoms with Gasteiger partial charge in [-0.25, -0.2) is 5.43 Å². The fourth-order valence-electron chi connectivity index (χ4n) is 2.05. The molecule has 10 heteroatoms. The van der Waals surface area contributed by atoms with E-state index in [1.165, 1.54) is 38.6 Å². The highest BCUT2D eigenvalue weighted by Gasteiger charge is 2.11.